The summed E-state index contributed by atoms with van der Waals surface area (Å²) in [5, 5.41) is 19.0. The molecule has 0 aliphatic rings. The fourth-order valence-electron chi connectivity index (χ4n) is 1.15. The zero-order chi connectivity index (χ0) is 14.6. The first-order valence-electron chi connectivity index (χ1n) is 5.10. The van der Waals surface area contributed by atoms with Gasteiger partial charge >= 0.3 is 6.18 Å². The van der Waals surface area contributed by atoms with Gasteiger partial charge in [0.1, 0.15) is 6.10 Å². The summed E-state index contributed by atoms with van der Waals surface area (Å²) in [7, 11) is 0. The predicted octanol–water partition coefficient (Wildman–Crippen LogP) is 1.17. The van der Waals surface area contributed by atoms with Gasteiger partial charge in [-0.25, -0.2) is 9.97 Å². The van der Waals surface area contributed by atoms with Crippen LogP contribution in [0.5, 0.6) is 0 Å². The topological polar surface area (TPSA) is 83.3 Å². The van der Waals surface area contributed by atoms with Gasteiger partial charge in [-0.05, 0) is 0 Å². The Morgan fingerprint density at radius 2 is 1.89 bits per heavy atom. The summed E-state index contributed by atoms with van der Waals surface area (Å²) in [5.41, 5.74) is -0.0512. The molecule has 19 heavy (non-hydrogen) atoms. The van der Waals surface area contributed by atoms with Crippen molar-refractivity contribution in [2.75, 3.05) is 5.75 Å². The standard InChI is InChI=1S/C10H11F3N2O3S/c1-5(16)19-4-7(17)8(18)6-2-14-9(15-3-6)10(11,12)13/h2-3,7-8,17-18H,4H2,1H3. The zero-order valence-corrected chi connectivity index (χ0v) is 10.6. The van der Waals surface area contributed by atoms with E-state index in [2.05, 4.69) is 9.97 Å². The molecule has 0 bridgehead atoms. The molecule has 0 amide bonds. The number of hydrogen-bond acceptors (Lipinski definition) is 6. The summed E-state index contributed by atoms with van der Waals surface area (Å²) >= 11 is 0.800. The van der Waals surface area contributed by atoms with Gasteiger partial charge in [0, 0.05) is 30.6 Å². The number of nitrogens with zero attached hydrogens (tertiary/aromatic N) is 2. The van der Waals surface area contributed by atoms with E-state index in [1.165, 1.54) is 6.92 Å². The lowest BCUT2D eigenvalue weighted by molar-refractivity contribution is -0.145. The maximum absolute atomic E-state index is 12.2. The number of hydrogen-bond donors (Lipinski definition) is 2. The number of aliphatic hydroxyl groups excluding tert-OH is 2. The fraction of sp³-hybridized carbons (Fsp3) is 0.500. The van der Waals surface area contributed by atoms with Gasteiger partial charge in [0.05, 0.1) is 6.10 Å². The Bertz CT molecular complexity index is 439. The molecule has 1 aromatic heterocycles. The monoisotopic (exact) mass is 296 g/mol. The largest absolute Gasteiger partial charge is 0.451 e. The van der Waals surface area contributed by atoms with E-state index in [1.54, 1.807) is 0 Å². The number of carbonyl (C=O) groups excluding carboxylic acids is 1. The Hall–Kier alpha value is -1.19. The third-order valence-electron chi connectivity index (χ3n) is 2.09. The Labute approximate surface area is 110 Å². The Kier molecular flexibility index (Phi) is 5.27. The highest BCUT2D eigenvalue weighted by atomic mass is 32.2. The third kappa shape index (κ3) is 4.77. The van der Waals surface area contributed by atoms with Crippen LogP contribution in [-0.4, -0.2) is 37.2 Å². The van der Waals surface area contributed by atoms with Gasteiger partial charge in [0.2, 0.25) is 5.82 Å². The van der Waals surface area contributed by atoms with Crippen molar-refractivity contribution in [3.05, 3.63) is 23.8 Å². The third-order valence-corrected chi connectivity index (χ3v) is 3.00. The van der Waals surface area contributed by atoms with Crippen LogP contribution in [-0.2, 0) is 11.0 Å². The Balaban J connectivity index is 2.72. The van der Waals surface area contributed by atoms with E-state index in [4.69, 9.17) is 0 Å². The van der Waals surface area contributed by atoms with Crippen molar-refractivity contribution in [2.45, 2.75) is 25.3 Å². The van der Waals surface area contributed by atoms with E-state index in [-0.39, 0.29) is 16.4 Å². The van der Waals surface area contributed by atoms with Gasteiger partial charge in [-0.15, -0.1) is 0 Å². The lowest BCUT2D eigenvalue weighted by Crippen LogP contribution is -2.22. The quantitative estimate of drug-likeness (QED) is 0.868. The summed E-state index contributed by atoms with van der Waals surface area (Å²) in [6.07, 6.45) is -5.82. The molecule has 0 aliphatic heterocycles. The fourth-order valence-corrected chi connectivity index (χ4v) is 1.74. The smallest absolute Gasteiger partial charge is 0.389 e. The summed E-state index contributed by atoms with van der Waals surface area (Å²) in [6.45, 7) is 1.30. The van der Waals surface area contributed by atoms with Crippen LogP contribution in [0.15, 0.2) is 12.4 Å². The van der Waals surface area contributed by atoms with Gasteiger partial charge in [0.25, 0.3) is 0 Å². The minimum atomic E-state index is -4.66. The Morgan fingerprint density at radius 1 is 1.37 bits per heavy atom. The molecule has 1 heterocycles. The second-order valence-corrected chi connectivity index (χ2v) is 4.85. The maximum Gasteiger partial charge on any atom is 0.451 e. The van der Waals surface area contributed by atoms with Crippen LogP contribution >= 0.6 is 11.8 Å². The number of halogens is 3. The molecule has 2 N–H and O–H groups in total. The van der Waals surface area contributed by atoms with Crippen molar-refractivity contribution >= 4 is 16.9 Å². The summed E-state index contributed by atoms with van der Waals surface area (Å²) < 4.78 is 36.6. The molecule has 106 valence electrons. The molecule has 0 spiro atoms. The average Bonchev–Trinajstić information content (AvgIpc) is 2.34. The highest BCUT2D eigenvalue weighted by Crippen LogP contribution is 2.26. The van der Waals surface area contributed by atoms with Crippen molar-refractivity contribution in [3.8, 4) is 0 Å². The second-order valence-electron chi connectivity index (χ2n) is 3.65. The molecule has 2 unspecified atom stereocenters. The zero-order valence-electron chi connectivity index (χ0n) is 9.76. The molecule has 0 aliphatic carbocycles. The van der Waals surface area contributed by atoms with E-state index >= 15 is 0 Å². The second kappa shape index (κ2) is 6.31. The highest BCUT2D eigenvalue weighted by molar-refractivity contribution is 8.13. The normalized spacial score (nSPS) is 15.1. The maximum atomic E-state index is 12.2. The van der Waals surface area contributed by atoms with Crippen LogP contribution in [0.4, 0.5) is 13.2 Å². The van der Waals surface area contributed by atoms with Crippen LogP contribution in [0.3, 0.4) is 0 Å². The summed E-state index contributed by atoms with van der Waals surface area (Å²) in [4.78, 5) is 16.8. The number of rotatable bonds is 4. The number of aliphatic hydroxyl groups is 2. The molecule has 1 rings (SSSR count). The van der Waals surface area contributed by atoms with Crippen LogP contribution in [0.2, 0.25) is 0 Å². The summed E-state index contributed by atoms with van der Waals surface area (Å²) in [6, 6.07) is 0. The molecule has 9 heteroatoms. The minimum Gasteiger partial charge on any atom is -0.389 e. The number of aromatic nitrogens is 2. The first-order valence-corrected chi connectivity index (χ1v) is 6.09. The molecule has 0 aromatic carbocycles. The van der Waals surface area contributed by atoms with E-state index in [1.807, 2.05) is 0 Å². The van der Waals surface area contributed by atoms with E-state index < -0.39 is 24.2 Å². The lowest BCUT2D eigenvalue weighted by Gasteiger charge is -2.17. The minimum absolute atomic E-state index is 0.0512. The van der Waals surface area contributed by atoms with Gasteiger partial charge in [-0.3, -0.25) is 4.79 Å². The van der Waals surface area contributed by atoms with Crippen LogP contribution < -0.4 is 0 Å². The van der Waals surface area contributed by atoms with E-state index in [0.29, 0.717) is 0 Å². The van der Waals surface area contributed by atoms with Crippen molar-refractivity contribution < 1.29 is 28.2 Å². The molecule has 0 radical (unpaired) electrons. The first-order chi connectivity index (χ1) is 8.71. The average molecular weight is 296 g/mol. The molecule has 0 fully saturated rings. The van der Waals surface area contributed by atoms with Crippen LogP contribution in [0.25, 0.3) is 0 Å². The van der Waals surface area contributed by atoms with Crippen LogP contribution in [0, 0.1) is 0 Å². The molecule has 1 aromatic rings. The molecular weight excluding hydrogens is 285 g/mol. The van der Waals surface area contributed by atoms with Gasteiger partial charge in [-0.2, -0.15) is 13.2 Å². The van der Waals surface area contributed by atoms with Crippen molar-refractivity contribution in [2.24, 2.45) is 0 Å². The molecule has 2 atom stereocenters. The van der Waals surface area contributed by atoms with Crippen molar-refractivity contribution in [3.63, 3.8) is 0 Å². The Morgan fingerprint density at radius 3 is 2.32 bits per heavy atom. The molecule has 0 saturated carbocycles. The van der Waals surface area contributed by atoms with Crippen molar-refractivity contribution in [1.29, 1.82) is 0 Å². The van der Waals surface area contributed by atoms with Crippen molar-refractivity contribution in [1.82, 2.24) is 9.97 Å². The van der Waals surface area contributed by atoms with Crippen LogP contribution in [0.1, 0.15) is 24.4 Å². The highest BCUT2D eigenvalue weighted by Gasteiger charge is 2.34. The number of alkyl halides is 3. The first kappa shape index (κ1) is 15.9. The van der Waals surface area contributed by atoms with Gasteiger partial charge in [-0.1, -0.05) is 11.8 Å². The predicted molar refractivity (Wildman–Crippen MR) is 61.1 cm³/mol. The molecule has 0 saturated heterocycles. The molecule has 5 nitrogen and oxygen atoms in total. The summed E-state index contributed by atoms with van der Waals surface area (Å²) in [5.74, 6) is -1.40. The lowest BCUT2D eigenvalue weighted by atomic mass is 10.1. The molecular formula is C10H11F3N2O3S. The van der Waals surface area contributed by atoms with Gasteiger partial charge in [0.15, 0.2) is 5.12 Å². The van der Waals surface area contributed by atoms with Gasteiger partial charge < -0.3 is 10.2 Å². The number of carbonyl (C=O) groups is 1. The SMILES string of the molecule is CC(=O)SCC(O)C(O)c1cnc(C(F)(F)F)nc1. The van der Waals surface area contributed by atoms with E-state index in [0.717, 1.165) is 24.2 Å². The van der Waals surface area contributed by atoms with E-state index in [9.17, 15) is 28.2 Å². The number of thioether (sulfide) groups is 1.